The van der Waals surface area contributed by atoms with E-state index >= 15 is 0 Å². The number of hydrogen-bond acceptors (Lipinski definition) is 5. The number of amides is 2. The standard InChI is InChI=1S/C27H24N2O6/c1-34-17-10-11-24(22(12-17)25(30)29-13-16(14-29)26(31)32)28-27(33)35-15-23-20-8-4-2-6-18(20)19-7-3-5-9-21(19)23/h2-12,16,23H,13-15H2,1H3,(H,28,33)(H,31,32). The first-order valence-electron chi connectivity index (χ1n) is 11.3. The van der Waals surface area contributed by atoms with Crippen molar-refractivity contribution in [3.63, 3.8) is 0 Å². The number of anilines is 1. The number of nitrogens with one attached hydrogen (secondary N) is 1. The van der Waals surface area contributed by atoms with Crippen LogP contribution in [0, 0.1) is 5.92 Å². The SMILES string of the molecule is COc1ccc(NC(=O)OCC2c3ccccc3-c3ccccc32)c(C(=O)N2CC(C(=O)O)C2)c1. The van der Waals surface area contributed by atoms with Gasteiger partial charge in [0.05, 0.1) is 24.3 Å². The van der Waals surface area contributed by atoms with E-state index in [2.05, 4.69) is 17.4 Å². The smallest absolute Gasteiger partial charge is 0.411 e. The van der Waals surface area contributed by atoms with Gasteiger partial charge in [0.15, 0.2) is 0 Å². The molecule has 1 aliphatic heterocycles. The number of hydrogen-bond donors (Lipinski definition) is 2. The number of benzene rings is 3. The fourth-order valence-corrected chi connectivity index (χ4v) is 4.65. The molecular formula is C27H24N2O6. The van der Waals surface area contributed by atoms with E-state index in [1.54, 1.807) is 12.1 Å². The molecule has 8 nitrogen and oxygen atoms in total. The molecule has 2 amide bonds. The van der Waals surface area contributed by atoms with Gasteiger partial charge in [0.25, 0.3) is 5.91 Å². The third kappa shape index (κ3) is 4.19. The zero-order valence-electron chi connectivity index (χ0n) is 19.1. The second-order valence-electron chi connectivity index (χ2n) is 8.61. The van der Waals surface area contributed by atoms with Crippen molar-refractivity contribution < 1.29 is 29.0 Å². The minimum Gasteiger partial charge on any atom is -0.497 e. The fraction of sp³-hybridized carbons (Fsp3) is 0.222. The van der Waals surface area contributed by atoms with Crippen LogP contribution in [0.1, 0.15) is 27.4 Å². The van der Waals surface area contributed by atoms with Gasteiger partial charge in [-0.05, 0) is 40.5 Å². The summed E-state index contributed by atoms with van der Waals surface area (Å²) >= 11 is 0. The average Bonchev–Trinajstić information content (AvgIpc) is 3.15. The highest BCUT2D eigenvalue weighted by molar-refractivity contribution is 6.03. The van der Waals surface area contributed by atoms with E-state index in [1.807, 2.05) is 36.4 Å². The highest BCUT2D eigenvalue weighted by Crippen LogP contribution is 2.44. The van der Waals surface area contributed by atoms with Gasteiger partial charge in [-0.3, -0.25) is 14.9 Å². The Labute approximate surface area is 202 Å². The monoisotopic (exact) mass is 472 g/mol. The summed E-state index contributed by atoms with van der Waals surface area (Å²) in [5.41, 5.74) is 4.96. The number of carboxylic acids is 1. The van der Waals surface area contributed by atoms with Gasteiger partial charge < -0.3 is 19.5 Å². The van der Waals surface area contributed by atoms with Crippen LogP contribution in [-0.2, 0) is 9.53 Å². The van der Waals surface area contributed by atoms with Gasteiger partial charge >= 0.3 is 12.1 Å². The Morgan fingerprint density at radius 1 is 0.971 bits per heavy atom. The molecule has 178 valence electrons. The van der Waals surface area contributed by atoms with E-state index in [9.17, 15) is 14.4 Å². The first kappa shape index (κ1) is 22.5. The van der Waals surface area contributed by atoms with Crippen molar-refractivity contribution in [1.29, 1.82) is 0 Å². The maximum atomic E-state index is 13.0. The number of aliphatic carboxylic acids is 1. The number of carbonyl (C=O) groups excluding carboxylic acids is 2. The number of ether oxygens (including phenoxy) is 2. The number of methoxy groups -OCH3 is 1. The number of carboxylic acid groups (broad SMARTS) is 1. The number of nitrogens with zero attached hydrogens (tertiary/aromatic N) is 1. The number of likely N-dealkylation sites (tertiary alicyclic amines) is 1. The second kappa shape index (κ2) is 9.13. The summed E-state index contributed by atoms with van der Waals surface area (Å²) in [6.07, 6.45) is -0.682. The minimum absolute atomic E-state index is 0.0841. The van der Waals surface area contributed by atoms with E-state index in [-0.39, 0.29) is 42.8 Å². The van der Waals surface area contributed by atoms with Gasteiger partial charge in [-0.25, -0.2) is 4.79 Å². The molecule has 0 saturated carbocycles. The lowest BCUT2D eigenvalue weighted by Gasteiger charge is -2.37. The van der Waals surface area contributed by atoms with E-state index in [0.29, 0.717) is 5.75 Å². The van der Waals surface area contributed by atoms with Crippen LogP contribution < -0.4 is 10.1 Å². The van der Waals surface area contributed by atoms with Crippen molar-refractivity contribution >= 4 is 23.7 Å². The molecule has 3 aromatic rings. The molecule has 0 bridgehead atoms. The van der Waals surface area contributed by atoms with Gasteiger partial charge in [0, 0.05) is 19.0 Å². The van der Waals surface area contributed by atoms with E-state index in [1.165, 1.54) is 18.1 Å². The van der Waals surface area contributed by atoms with E-state index in [4.69, 9.17) is 14.6 Å². The van der Waals surface area contributed by atoms with Crippen molar-refractivity contribution in [2.24, 2.45) is 5.92 Å². The summed E-state index contributed by atoms with van der Waals surface area (Å²) < 4.78 is 10.8. The summed E-state index contributed by atoms with van der Waals surface area (Å²) in [4.78, 5) is 38.3. The molecule has 8 heteroatoms. The zero-order valence-corrected chi connectivity index (χ0v) is 19.1. The molecule has 0 unspecified atom stereocenters. The Bertz CT molecular complexity index is 1270. The summed E-state index contributed by atoms with van der Waals surface area (Å²) in [6.45, 7) is 0.386. The second-order valence-corrected chi connectivity index (χ2v) is 8.61. The Morgan fingerprint density at radius 2 is 1.60 bits per heavy atom. The molecule has 3 aromatic carbocycles. The van der Waals surface area contributed by atoms with E-state index in [0.717, 1.165) is 22.3 Å². The van der Waals surface area contributed by atoms with Gasteiger partial charge in [-0.1, -0.05) is 48.5 Å². The van der Waals surface area contributed by atoms with Crippen molar-refractivity contribution in [2.75, 3.05) is 32.1 Å². The number of fused-ring (bicyclic) bond motifs is 3. The lowest BCUT2D eigenvalue weighted by Crippen LogP contribution is -2.53. The largest absolute Gasteiger partial charge is 0.497 e. The summed E-state index contributed by atoms with van der Waals surface area (Å²) in [5, 5.41) is 11.8. The predicted octanol–water partition coefficient (Wildman–Crippen LogP) is 4.21. The molecule has 1 saturated heterocycles. The fourth-order valence-electron chi connectivity index (χ4n) is 4.65. The highest BCUT2D eigenvalue weighted by atomic mass is 16.5. The van der Waals surface area contributed by atoms with E-state index < -0.39 is 18.0 Å². The zero-order chi connectivity index (χ0) is 24.5. The van der Waals surface area contributed by atoms with Gasteiger partial charge in [-0.15, -0.1) is 0 Å². The molecular weight excluding hydrogens is 448 g/mol. The minimum atomic E-state index is -0.934. The van der Waals surface area contributed by atoms with Crippen LogP contribution in [0.15, 0.2) is 66.7 Å². The molecule has 1 aliphatic carbocycles. The first-order valence-corrected chi connectivity index (χ1v) is 11.3. The van der Waals surface area contributed by atoms with Crippen LogP contribution in [0.3, 0.4) is 0 Å². The summed E-state index contributed by atoms with van der Waals surface area (Å²) in [7, 11) is 1.48. The van der Waals surface area contributed by atoms with Gasteiger partial charge in [0.2, 0.25) is 0 Å². The molecule has 0 radical (unpaired) electrons. The van der Waals surface area contributed by atoms with Crippen LogP contribution in [0.2, 0.25) is 0 Å². The molecule has 1 heterocycles. The van der Waals surface area contributed by atoms with Crippen LogP contribution in [0.5, 0.6) is 5.75 Å². The van der Waals surface area contributed by atoms with Crippen LogP contribution in [0.25, 0.3) is 11.1 Å². The quantitative estimate of drug-likeness (QED) is 0.557. The molecule has 0 atom stereocenters. The first-order chi connectivity index (χ1) is 17.0. The van der Waals surface area contributed by atoms with Gasteiger partial charge in [0.1, 0.15) is 12.4 Å². The van der Waals surface area contributed by atoms with Crippen molar-refractivity contribution in [3.8, 4) is 16.9 Å². The van der Waals surface area contributed by atoms with Gasteiger partial charge in [-0.2, -0.15) is 0 Å². The van der Waals surface area contributed by atoms with Crippen molar-refractivity contribution in [3.05, 3.63) is 83.4 Å². The Morgan fingerprint density at radius 3 is 2.20 bits per heavy atom. The highest BCUT2D eigenvalue weighted by Gasteiger charge is 2.37. The molecule has 0 aromatic heterocycles. The van der Waals surface area contributed by atoms with Crippen LogP contribution in [-0.4, -0.2) is 54.8 Å². The molecule has 1 fully saturated rings. The Hall–Kier alpha value is -4.33. The molecule has 2 N–H and O–H groups in total. The van der Waals surface area contributed by atoms with Crippen LogP contribution >= 0.6 is 0 Å². The third-order valence-corrected chi connectivity index (χ3v) is 6.56. The predicted molar refractivity (Wildman–Crippen MR) is 129 cm³/mol. The Balaban J connectivity index is 1.30. The Kier molecular flexibility index (Phi) is 5.86. The maximum Gasteiger partial charge on any atom is 0.411 e. The topological polar surface area (TPSA) is 105 Å². The van der Waals surface area contributed by atoms with Crippen molar-refractivity contribution in [1.82, 2.24) is 4.90 Å². The maximum absolute atomic E-state index is 13.0. The molecule has 2 aliphatic rings. The number of carbonyl (C=O) groups is 3. The lowest BCUT2D eigenvalue weighted by molar-refractivity contribution is -0.146. The lowest BCUT2D eigenvalue weighted by atomic mass is 9.98. The van der Waals surface area contributed by atoms with Crippen LogP contribution in [0.4, 0.5) is 10.5 Å². The number of rotatable bonds is 6. The summed E-state index contributed by atoms with van der Waals surface area (Å²) in [5.74, 6) is -1.53. The normalized spacial score (nSPS) is 14.5. The van der Waals surface area contributed by atoms with Crippen molar-refractivity contribution in [2.45, 2.75) is 5.92 Å². The average molecular weight is 472 g/mol. The third-order valence-electron chi connectivity index (χ3n) is 6.56. The summed E-state index contributed by atoms with van der Waals surface area (Å²) in [6, 6.07) is 20.9. The molecule has 5 rings (SSSR count). The molecule has 35 heavy (non-hydrogen) atoms. The molecule has 0 spiro atoms.